The highest BCUT2D eigenvalue weighted by Crippen LogP contribution is 2.41. The van der Waals surface area contributed by atoms with E-state index in [0.717, 1.165) is 18.4 Å². The van der Waals surface area contributed by atoms with Crippen LogP contribution in [-0.2, 0) is 0 Å². The van der Waals surface area contributed by atoms with Crippen molar-refractivity contribution < 1.29 is 10.2 Å². The molecule has 2 nitrogen and oxygen atoms in total. The van der Waals surface area contributed by atoms with Crippen LogP contribution in [0.15, 0.2) is 18.7 Å². The first kappa shape index (κ1) is 12.3. The van der Waals surface area contributed by atoms with Crippen LogP contribution in [0.5, 0.6) is 11.5 Å². The number of phenols is 2. The van der Waals surface area contributed by atoms with Crippen molar-refractivity contribution in [1.82, 2.24) is 0 Å². The molecule has 1 aromatic rings. The molecule has 0 amide bonds. The van der Waals surface area contributed by atoms with E-state index >= 15 is 0 Å². The first-order chi connectivity index (χ1) is 8.09. The Morgan fingerprint density at radius 1 is 1.18 bits per heavy atom. The van der Waals surface area contributed by atoms with Crippen LogP contribution in [0.1, 0.15) is 37.7 Å². The molecule has 2 N–H and O–H groups in total. The summed E-state index contributed by atoms with van der Waals surface area (Å²) in [5.74, 6) is 0.493. The van der Waals surface area contributed by atoms with Gasteiger partial charge in [0.15, 0.2) is 0 Å². The Hall–Kier alpha value is -1.15. The Morgan fingerprint density at radius 3 is 2.47 bits per heavy atom. The van der Waals surface area contributed by atoms with E-state index in [1.165, 1.54) is 31.4 Å². The number of rotatable bonds is 2. The maximum absolute atomic E-state index is 9.92. The predicted molar refractivity (Wildman–Crippen MR) is 70.4 cm³/mol. The van der Waals surface area contributed by atoms with Crippen LogP contribution in [0.3, 0.4) is 0 Å². The summed E-state index contributed by atoms with van der Waals surface area (Å²) >= 11 is 5.85. The van der Waals surface area contributed by atoms with Gasteiger partial charge in [-0.2, -0.15) is 0 Å². The fourth-order valence-electron chi connectivity index (χ4n) is 2.50. The standard InChI is InChI=1S/C14H17ClO2/c1-9(10-5-3-2-4-6-10)12-7-11(16)8-13(15)14(12)17/h7-8,10,16-17H,1-6H2. The van der Waals surface area contributed by atoms with Crippen molar-refractivity contribution in [3.8, 4) is 11.5 Å². The van der Waals surface area contributed by atoms with Gasteiger partial charge in [0.05, 0.1) is 5.02 Å². The molecule has 0 bridgehead atoms. The summed E-state index contributed by atoms with van der Waals surface area (Å²) in [7, 11) is 0. The lowest BCUT2D eigenvalue weighted by atomic mass is 9.81. The van der Waals surface area contributed by atoms with Gasteiger partial charge in [-0.3, -0.25) is 0 Å². The Morgan fingerprint density at radius 2 is 1.82 bits per heavy atom. The van der Waals surface area contributed by atoms with Gasteiger partial charge in [0.1, 0.15) is 11.5 Å². The largest absolute Gasteiger partial charge is 0.508 e. The second kappa shape index (κ2) is 5.01. The molecule has 0 aromatic heterocycles. The fourth-order valence-corrected chi connectivity index (χ4v) is 2.71. The predicted octanol–water partition coefficient (Wildman–Crippen LogP) is 4.34. The number of hydrogen-bond acceptors (Lipinski definition) is 2. The first-order valence-corrected chi connectivity index (χ1v) is 6.38. The smallest absolute Gasteiger partial charge is 0.141 e. The Bertz CT molecular complexity index is 434. The number of aromatic hydroxyl groups is 2. The molecule has 0 radical (unpaired) electrons. The quantitative estimate of drug-likeness (QED) is 0.769. The van der Waals surface area contributed by atoms with Gasteiger partial charge in [-0.15, -0.1) is 0 Å². The van der Waals surface area contributed by atoms with Crippen molar-refractivity contribution in [1.29, 1.82) is 0 Å². The van der Waals surface area contributed by atoms with Gasteiger partial charge in [-0.1, -0.05) is 37.4 Å². The average Bonchev–Trinajstić information content (AvgIpc) is 2.34. The van der Waals surface area contributed by atoms with E-state index in [2.05, 4.69) is 6.58 Å². The maximum atomic E-state index is 9.92. The van der Waals surface area contributed by atoms with Gasteiger partial charge >= 0.3 is 0 Å². The zero-order valence-corrected chi connectivity index (χ0v) is 10.5. The summed E-state index contributed by atoms with van der Waals surface area (Å²) in [5.41, 5.74) is 1.47. The first-order valence-electron chi connectivity index (χ1n) is 6.00. The van der Waals surface area contributed by atoms with E-state index in [-0.39, 0.29) is 16.5 Å². The maximum Gasteiger partial charge on any atom is 0.141 e. The van der Waals surface area contributed by atoms with Crippen molar-refractivity contribution in [2.24, 2.45) is 5.92 Å². The molecule has 92 valence electrons. The summed E-state index contributed by atoms with van der Waals surface area (Å²) in [6.07, 6.45) is 5.89. The monoisotopic (exact) mass is 252 g/mol. The molecule has 0 heterocycles. The minimum Gasteiger partial charge on any atom is -0.508 e. The van der Waals surface area contributed by atoms with Gasteiger partial charge in [0.25, 0.3) is 0 Å². The second-order valence-electron chi connectivity index (χ2n) is 4.68. The lowest BCUT2D eigenvalue weighted by Gasteiger charge is -2.24. The summed E-state index contributed by atoms with van der Waals surface area (Å²) in [6.45, 7) is 4.06. The third-order valence-electron chi connectivity index (χ3n) is 3.49. The van der Waals surface area contributed by atoms with Crippen molar-refractivity contribution in [2.75, 3.05) is 0 Å². The molecule has 3 heteroatoms. The van der Waals surface area contributed by atoms with Crippen LogP contribution in [-0.4, -0.2) is 10.2 Å². The van der Waals surface area contributed by atoms with Gasteiger partial charge in [0.2, 0.25) is 0 Å². The van der Waals surface area contributed by atoms with Crippen LogP contribution < -0.4 is 0 Å². The van der Waals surface area contributed by atoms with E-state index in [4.69, 9.17) is 11.6 Å². The zero-order chi connectivity index (χ0) is 12.4. The van der Waals surface area contributed by atoms with E-state index in [1.54, 1.807) is 0 Å². The highest BCUT2D eigenvalue weighted by atomic mass is 35.5. The number of phenolic OH excluding ortho intramolecular Hbond substituents is 2. The summed E-state index contributed by atoms with van der Waals surface area (Å²) in [5, 5.41) is 19.6. The van der Waals surface area contributed by atoms with Gasteiger partial charge in [0, 0.05) is 11.6 Å². The topological polar surface area (TPSA) is 40.5 Å². The molecule has 17 heavy (non-hydrogen) atoms. The molecule has 0 saturated heterocycles. The number of allylic oxidation sites excluding steroid dienone is 1. The SMILES string of the molecule is C=C(c1cc(O)cc(Cl)c1O)C1CCCCC1. The van der Waals surface area contributed by atoms with Gasteiger partial charge in [-0.25, -0.2) is 0 Å². The van der Waals surface area contributed by atoms with Crippen LogP contribution in [0, 0.1) is 5.92 Å². The van der Waals surface area contributed by atoms with Crippen LogP contribution in [0.4, 0.5) is 0 Å². The molecule has 0 unspecified atom stereocenters. The number of benzene rings is 1. The van der Waals surface area contributed by atoms with Crippen molar-refractivity contribution in [2.45, 2.75) is 32.1 Å². The van der Waals surface area contributed by atoms with Gasteiger partial charge < -0.3 is 10.2 Å². The van der Waals surface area contributed by atoms with E-state index in [9.17, 15) is 10.2 Å². The number of hydrogen-bond donors (Lipinski definition) is 2. The fraction of sp³-hybridized carbons (Fsp3) is 0.429. The molecule has 0 atom stereocenters. The molecular weight excluding hydrogens is 236 g/mol. The number of halogens is 1. The third kappa shape index (κ3) is 2.58. The molecule has 2 rings (SSSR count). The summed E-state index contributed by atoms with van der Waals surface area (Å²) in [6, 6.07) is 2.88. The van der Waals surface area contributed by atoms with Crippen molar-refractivity contribution >= 4 is 17.2 Å². The highest BCUT2D eigenvalue weighted by molar-refractivity contribution is 6.32. The van der Waals surface area contributed by atoms with Crippen LogP contribution in [0.2, 0.25) is 5.02 Å². The van der Waals surface area contributed by atoms with Crippen LogP contribution >= 0.6 is 11.6 Å². The summed E-state index contributed by atoms with van der Waals surface area (Å²) in [4.78, 5) is 0. The normalized spacial score (nSPS) is 17.0. The Balaban J connectivity index is 2.29. The Labute approximate surface area is 107 Å². The lowest BCUT2D eigenvalue weighted by molar-refractivity contribution is 0.425. The Kier molecular flexibility index (Phi) is 3.63. The average molecular weight is 253 g/mol. The van der Waals surface area contributed by atoms with Gasteiger partial charge in [-0.05, 0) is 30.4 Å². The molecule has 1 aliphatic rings. The van der Waals surface area contributed by atoms with E-state index in [0.29, 0.717) is 11.5 Å². The van der Waals surface area contributed by atoms with Crippen LogP contribution in [0.25, 0.3) is 5.57 Å². The van der Waals surface area contributed by atoms with E-state index in [1.807, 2.05) is 0 Å². The minimum atomic E-state index is 0.0278. The summed E-state index contributed by atoms with van der Waals surface area (Å²) < 4.78 is 0. The van der Waals surface area contributed by atoms with E-state index < -0.39 is 0 Å². The lowest BCUT2D eigenvalue weighted by Crippen LogP contribution is -2.08. The second-order valence-corrected chi connectivity index (χ2v) is 5.09. The molecule has 1 fully saturated rings. The highest BCUT2D eigenvalue weighted by Gasteiger charge is 2.21. The molecule has 1 aromatic carbocycles. The molecule has 0 aliphatic heterocycles. The molecule has 1 saturated carbocycles. The molecule has 1 aliphatic carbocycles. The molecular formula is C14H17ClO2. The van der Waals surface area contributed by atoms with Crippen molar-refractivity contribution in [3.05, 3.63) is 29.3 Å². The third-order valence-corrected chi connectivity index (χ3v) is 3.78. The zero-order valence-electron chi connectivity index (χ0n) is 9.75. The minimum absolute atomic E-state index is 0.0278. The van der Waals surface area contributed by atoms with Crippen molar-refractivity contribution in [3.63, 3.8) is 0 Å². The molecule has 0 spiro atoms.